The van der Waals surface area contributed by atoms with E-state index in [2.05, 4.69) is 10.4 Å². The Balaban J connectivity index is 2.34. The van der Waals surface area contributed by atoms with Crippen LogP contribution >= 0.6 is 11.3 Å². The number of nitrogens with one attached hydrogen (secondary N) is 1. The third-order valence-corrected chi connectivity index (χ3v) is 4.92. The number of nitrogens with zero attached hydrogens (tertiary/aromatic N) is 2. The Bertz CT molecular complexity index is 916. The molecule has 0 saturated heterocycles. The summed E-state index contributed by atoms with van der Waals surface area (Å²) in [5.41, 5.74) is 5.77. The molecule has 1 atom stereocenters. The smallest absolute Gasteiger partial charge is 0.341 e. The van der Waals surface area contributed by atoms with Crippen LogP contribution in [0.25, 0.3) is 0 Å². The summed E-state index contributed by atoms with van der Waals surface area (Å²) in [7, 11) is 0. The number of carbonyl (C=O) groups is 4. The molecule has 0 fully saturated rings. The van der Waals surface area contributed by atoms with Crippen LogP contribution in [0.1, 0.15) is 55.8 Å². The first-order valence-electron chi connectivity index (χ1n) is 7.85. The van der Waals surface area contributed by atoms with Gasteiger partial charge in [-0.25, -0.2) is 9.59 Å². The number of carbonyl (C=O) groups excluding carboxylic acids is 3. The van der Waals surface area contributed by atoms with Crippen molar-refractivity contribution < 1.29 is 29.0 Å². The number of aromatic nitrogens is 2. The molecule has 27 heavy (non-hydrogen) atoms. The van der Waals surface area contributed by atoms with E-state index < -0.39 is 29.8 Å². The molecule has 2 amide bonds. The Morgan fingerprint density at radius 1 is 1.41 bits per heavy atom. The molecule has 0 radical (unpaired) electrons. The van der Waals surface area contributed by atoms with Crippen LogP contribution in [0.3, 0.4) is 0 Å². The number of esters is 1. The normalized spacial score (nSPS) is 11.7. The predicted octanol–water partition coefficient (Wildman–Crippen LogP) is 1.43. The van der Waals surface area contributed by atoms with E-state index in [1.54, 1.807) is 6.92 Å². The first-order chi connectivity index (χ1) is 12.7. The fourth-order valence-corrected chi connectivity index (χ4v) is 3.28. The minimum atomic E-state index is -1.10. The minimum absolute atomic E-state index is 0.0512. The lowest BCUT2D eigenvalue weighted by Crippen LogP contribution is -2.16. The predicted molar refractivity (Wildman–Crippen MR) is 96.1 cm³/mol. The zero-order valence-electron chi connectivity index (χ0n) is 14.8. The number of hydrogen-bond acceptors (Lipinski definition) is 7. The SMILES string of the molecule is CCOC(=O)c1c(NC(=O)c2cnn(C(C)C(=O)O)c2)sc(C(N)=O)c1C. The van der Waals surface area contributed by atoms with Gasteiger partial charge in [0.25, 0.3) is 11.8 Å². The number of carboxylic acid groups (broad SMARTS) is 1. The number of carboxylic acids is 1. The number of nitrogens with two attached hydrogens (primary N) is 1. The van der Waals surface area contributed by atoms with E-state index in [0.29, 0.717) is 5.56 Å². The third-order valence-electron chi connectivity index (χ3n) is 3.70. The highest BCUT2D eigenvalue weighted by Gasteiger charge is 2.26. The first kappa shape index (κ1) is 20.1. The summed E-state index contributed by atoms with van der Waals surface area (Å²) in [5.74, 6) is -3.15. The van der Waals surface area contributed by atoms with Crippen molar-refractivity contribution >= 4 is 40.1 Å². The maximum atomic E-state index is 12.5. The Labute approximate surface area is 157 Å². The van der Waals surface area contributed by atoms with Crippen LogP contribution in [0.4, 0.5) is 5.00 Å². The topological polar surface area (TPSA) is 154 Å². The largest absolute Gasteiger partial charge is 0.480 e. The van der Waals surface area contributed by atoms with Crippen molar-refractivity contribution in [3.8, 4) is 0 Å². The van der Waals surface area contributed by atoms with Crippen molar-refractivity contribution in [1.29, 1.82) is 0 Å². The summed E-state index contributed by atoms with van der Waals surface area (Å²) < 4.78 is 6.10. The zero-order valence-corrected chi connectivity index (χ0v) is 15.6. The van der Waals surface area contributed by atoms with Crippen LogP contribution in [0, 0.1) is 6.92 Å². The molecule has 2 aromatic heterocycles. The molecular weight excluding hydrogens is 376 g/mol. The lowest BCUT2D eigenvalue weighted by molar-refractivity contribution is -0.140. The number of hydrogen-bond donors (Lipinski definition) is 3. The average Bonchev–Trinajstić information content (AvgIpc) is 3.19. The van der Waals surface area contributed by atoms with Gasteiger partial charge < -0.3 is 20.9 Å². The highest BCUT2D eigenvalue weighted by Crippen LogP contribution is 2.33. The van der Waals surface area contributed by atoms with Crippen molar-refractivity contribution in [3.05, 3.63) is 34.0 Å². The van der Waals surface area contributed by atoms with Gasteiger partial charge in [0.15, 0.2) is 0 Å². The molecule has 0 spiro atoms. The molecule has 0 aromatic carbocycles. The maximum Gasteiger partial charge on any atom is 0.341 e. The van der Waals surface area contributed by atoms with Gasteiger partial charge in [-0.2, -0.15) is 5.10 Å². The molecule has 0 aliphatic rings. The van der Waals surface area contributed by atoms with Crippen LogP contribution in [0.15, 0.2) is 12.4 Å². The monoisotopic (exact) mass is 394 g/mol. The van der Waals surface area contributed by atoms with Crippen molar-refractivity contribution in [2.45, 2.75) is 26.8 Å². The minimum Gasteiger partial charge on any atom is -0.480 e. The highest BCUT2D eigenvalue weighted by molar-refractivity contribution is 7.18. The van der Waals surface area contributed by atoms with E-state index in [-0.39, 0.29) is 27.6 Å². The Hall–Kier alpha value is -3.21. The summed E-state index contributed by atoms with van der Waals surface area (Å²) in [6.45, 7) is 4.70. The van der Waals surface area contributed by atoms with Gasteiger partial charge in [-0.3, -0.25) is 14.3 Å². The van der Waals surface area contributed by atoms with Crippen LogP contribution in [0.2, 0.25) is 0 Å². The fourth-order valence-electron chi connectivity index (χ4n) is 2.24. The van der Waals surface area contributed by atoms with Crippen LogP contribution in [-0.4, -0.2) is 45.2 Å². The van der Waals surface area contributed by atoms with E-state index in [1.165, 1.54) is 26.2 Å². The van der Waals surface area contributed by atoms with Gasteiger partial charge in [0, 0.05) is 6.20 Å². The van der Waals surface area contributed by atoms with Gasteiger partial charge in [0.1, 0.15) is 11.0 Å². The number of primary amides is 1. The standard InChI is InChI=1S/C16H18N4O6S/c1-4-26-16(25)10-7(2)11(12(17)21)27-14(10)19-13(22)9-5-18-20(6-9)8(3)15(23)24/h5-6,8H,4H2,1-3H3,(H2,17,21)(H,19,22)(H,23,24). The van der Waals surface area contributed by atoms with E-state index in [9.17, 15) is 19.2 Å². The van der Waals surface area contributed by atoms with Crippen LogP contribution in [-0.2, 0) is 9.53 Å². The summed E-state index contributed by atoms with van der Waals surface area (Å²) in [6.07, 6.45) is 2.47. The molecule has 0 aliphatic heterocycles. The second-order valence-corrected chi connectivity index (χ2v) is 6.54. The van der Waals surface area contributed by atoms with E-state index in [1.807, 2.05) is 0 Å². The molecule has 2 rings (SSSR count). The second-order valence-electron chi connectivity index (χ2n) is 5.52. The Morgan fingerprint density at radius 3 is 2.63 bits per heavy atom. The molecule has 1 unspecified atom stereocenters. The number of thiophene rings is 1. The lowest BCUT2D eigenvalue weighted by Gasteiger charge is -2.07. The third kappa shape index (κ3) is 4.14. The fraction of sp³-hybridized carbons (Fsp3) is 0.312. The van der Waals surface area contributed by atoms with E-state index >= 15 is 0 Å². The average molecular weight is 394 g/mol. The molecule has 4 N–H and O–H groups in total. The van der Waals surface area contributed by atoms with Crippen LogP contribution in [0.5, 0.6) is 0 Å². The Morgan fingerprint density at radius 2 is 2.07 bits per heavy atom. The van der Waals surface area contributed by atoms with E-state index in [4.69, 9.17) is 15.6 Å². The lowest BCUT2D eigenvalue weighted by atomic mass is 10.1. The zero-order chi connectivity index (χ0) is 20.3. The summed E-state index contributed by atoms with van der Waals surface area (Å²) in [4.78, 5) is 47.4. The molecule has 0 bridgehead atoms. The number of ether oxygens (including phenoxy) is 1. The summed E-state index contributed by atoms with van der Waals surface area (Å²) >= 11 is 0.861. The van der Waals surface area contributed by atoms with Gasteiger partial charge in [-0.1, -0.05) is 0 Å². The summed E-state index contributed by atoms with van der Waals surface area (Å²) in [5, 5.41) is 15.5. The van der Waals surface area contributed by atoms with Crippen molar-refractivity contribution in [3.63, 3.8) is 0 Å². The number of amides is 2. The van der Waals surface area contributed by atoms with E-state index in [0.717, 1.165) is 16.0 Å². The maximum absolute atomic E-state index is 12.5. The molecule has 0 saturated carbocycles. The first-order valence-corrected chi connectivity index (χ1v) is 8.67. The second kappa shape index (κ2) is 7.99. The highest BCUT2D eigenvalue weighted by atomic mass is 32.1. The van der Waals surface area contributed by atoms with Gasteiger partial charge in [0.05, 0.1) is 28.8 Å². The van der Waals surface area contributed by atoms with Gasteiger partial charge in [-0.15, -0.1) is 11.3 Å². The molecular formula is C16H18N4O6S. The molecule has 2 aromatic rings. The van der Waals surface area contributed by atoms with Crippen molar-refractivity contribution in [2.24, 2.45) is 5.73 Å². The van der Waals surface area contributed by atoms with Gasteiger partial charge >= 0.3 is 11.9 Å². The quantitative estimate of drug-likeness (QED) is 0.600. The van der Waals surface area contributed by atoms with Crippen LogP contribution < -0.4 is 11.1 Å². The van der Waals surface area contributed by atoms with Gasteiger partial charge in [-0.05, 0) is 26.3 Å². The number of rotatable bonds is 7. The van der Waals surface area contributed by atoms with Crippen molar-refractivity contribution in [1.82, 2.24) is 9.78 Å². The Kier molecular flexibility index (Phi) is 5.95. The molecule has 11 heteroatoms. The molecule has 0 aliphatic carbocycles. The number of aliphatic carboxylic acids is 1. The number of anilines is 1. The van der Waals surface area contributed by atoms with Gasteiger partial charge in [0.2, 0.25) is 0 Å². The van der Waals surface area contributed by atoms with Crippen molar-refractivity contribution in [2.75, 3.05) is 11.9 Å². The molecule has 10 nitrogen and oxygen atoms in total. The molecule has 144 valence electrons. The molecule has 2 heterocycles. The summed E-state index contributed by atoms with van der Waals surface area (Å²) in [6, 6.07) is -0.952.